The lowest BCUT2D eigenvalue weighted by Crippen LogP contribution is -1.95. The van der Waals surface area contributed by atoms with Crippen LogP contribution in [0.1, 0.15) is 39.4 Å². The number of imidazole rings is 1. The van der Waals surface area contributed by atoms with Gasteiger partial charge in [-0.05, 0) is 38.9 Å². The molecule has 17 heavy (non-hydrogen) atoms. The molecular weight excluding hydrogens is 276 g/mol. The van der Waals surface area contributed by atoms with Crippen molar-refractivity contribution in [2.24, 2.45) is 10.8 Å². The van der Waals surface area contributed by atoms with Crippen LogP contribution in [0.3, 0.4) is 0 Å². The molecule has 0 saturated heterocycles. The normalized spacial score (nSPS) is 21.9. The Hall–Kier alpha value is -0.830. The van der Waals surface area contributed by atoms with Crippen molar-refractivity contribution in [3.63, 3.8) is 0 Å². The van der Waals surface area contributed by atoms with Gasteiger partial charge in [0.25, 0.3) is 0 Å². The number of aromatic nitrogens is 2. The average molecular weight is 293 g/mol. The van der Waals surface area contributed by atoms with Crippen LogP contribution in [-0.2, 0) is 0 Å². The van der Waals surface area contributed by atoms with Crippen LogP contribution in [0.15, 0.2) is 22.7 Å². The number of H-pyrrole nitrogens is 1. The fraction of sp³-hybridized carbons (Fsp3) is 0.500. The Morgan fingerprint density at radius 2 is 1.82 bits per heavy atom. The van der Waals surface area contributed by atoms with Crippen LogP contribution in [0.25, 0.3) is 11.0 Å². The SMILES string of the molecule is CC1(C)C(c2nc3c(Br)cccc3[nH]2)C1(C)C. The highest BCUT2D eigenvalue weighted by Gasteiger charge is 2.66. The molecule has 3 rings (SSSR count). The second-order valence-electron chi connectivity index (χ2n) is 6.13. The lowest BCUT2D eigenvalue weighted by atomic mass is 10.0. The number of benzene rings is 1. The maximum absolute atomic E-state index is 4.76. The highest BCUT2D eigenvalue weighted by Crippen LogP contribution is 2.73. The van der Waals surface area contributed by atoms with Crippen LogP contribution in [0.5, 0.6) is 0 Å². The van der Waals surface area contributed by atoms with Gasteiger partial charge in [-0.3, -0.25) is 0 Å². The van der Waals surface area contributed by atoms with E-state index < -0.39 is 0 Å². The Labute approximate surface area is 110 Å². The Kier molecular flexibility index (Phi) is 2.08. The lowest BCUT2D eigenvalue weighted by Gasteiger charge is -2.03. The summed E-state index contributed by atoms with van der Waals surface area (Å²) in [7, 11) is 0. The van der Waals surface area contributed by atoms with Gasteiger partial charge in [-0.25, -0.2) is 4.98 Å². The quantitative estimate of drug-likeness (QED) is 0.825. The van der Waals surface area contributed by atoms with E-state index in [0.29, 0.717) is 16.7 Å². The van der Waals surface area contributed by atoms with Crippen molar-refractivity contribution in [2.75, 3.05) is 0 Å². The Morgan fingerprint density at radius 1 is 1.18 bits per heavy atom. The van der Waals surface area contributed by atoms with E-state index in [-0.39, 0.29) is 0 Å². The van der Waals surface area contributed by atoms with Gasteiger partial charge in [-0.15, -0.1) is 0 Å². The summed E-state index contributed by atoms with van der Waals surface area (Å²) in [5, 5.41) is 0. The van der Waals surface area contributed by atoms with E-state index in [2.05, 4.69) is 54.7 Å². The fourth-order valence-electron chi connectivity index (χ4n) is 3.03. The minimum absolute atomic E-state index is 0.327. The number of rotatable bonds is 1. The van der Waals surface area contributed by atoms with Gasteiger partial charge < -0.3 is 4.98 Å². The molecule has 1 aliphatic rings. The molecule has 0 amide bonds. The molecule has 0 atom stereocenters. The van der Waals surface area contributed by atoms with Crippen LogP contribution in [0, 0.1) is 10.8 Å². The molecule has 90 valence electrons. The van der Waals surface area contributed by atoms with Crippen molar-refractivity contribution in [1.82, 2.24) is 9.97 Å². The maximum atomic E-state index is 4.76. The average Bonchev–Trinajstić information content (AvgIpc) is 2.59. The summed E-state index contributed by atoms with van der Waals surface area (Å²) in [4.78, 5) is 8.23. The van der Waals surface area contributed by atoms with Crippen LogP contribution in [-0.4, -0.2) is 9.97 Å². The van der Waals surface area contributed by atoms with Gasteiger partial charge >= 0.3 is 0 Å². The predicted octanol–water partition coefficient (Wildman–Crippen LogP) is 4.48. The molecule has 0 radical (unpaired) electrons. The van der Waals surface area contributed by atoms with Gasteiger partial charge in [0.15, 0.2) is 0 Å². The van der Waals surface area contributed by atoms with Crippen molar-refractivity contribution in [3.8, 4) is 0 Å². The van der Waals surface area contributed by atoms with Gasteiger partial charge in [-0.2, -0.15) is 0 Å². The molecule has 1 fully saturated rings. The molecule has 3 heteroatoms. The molecule has 2 aromatic rings. The smallest absolute Gasteiger partial charge is 0.111 e. The van der Waals surface area contributed by atoms with Crippen LogP contribution in [0.2, 0.25) is 0 Å². The first kappa shape index (κ1) is 11.3. The molecule has 1 N–H and O–H groups in total. The third-order valence-corrected chi connectivity index (χ3v) is 5.42. The molecular formula is C14H17BrN2. The standard InChI is InChI=1S/C14H17BrN2/c1-13(2)11(14(13,3)4)12-16-9-7-5-6-8(15)10(9)17-12/h5-7,11H,1-4H3,(H,16,17). The minimum Gasteiger partial charge on any atom is -0.342 e. The first-order chi connectivity index (χ1) is 7.85. The molecule has 0 aliphatic heterocycles. The Morgan fingerprint density at radius 3 is 2.35 bits per heavy atom. The Bertz CT molecular complexity index is 581. The predicted molar refractivity (Wildman–Crippen MR) is 74.1 cm³/mol. The molecule has 1 aromatic heterocycles. The largest absolute Gasteiger partial charge is 0.342 e. The van der Waals surface area contributed by atoms with Crippen LogP contribution in [0.4, 0.5) is 0 Å². The zero-order chi connectivity index (χ0) is 12.4. The van der Waals surface area contributed by atoms with E-state index in [0.717, 1.165) is 21.3 Å². The molecule has 1 aromatic carbocycles. The number of nitrogens with zero attached hydrogens (tertiary/aromatic N) is 1. The first-order valence-electron chi connectivity index (χ1n) is 6.00. The summed E-state index contributed by atoms with van der Waals surface area (Å²) in [5.41, 5.74) is 2.81. The highest BCUT2D eigenvalue weighted by molar-refractivity contribution is 9.10. The second-order valence-corrected chi connectivity index (χ2v) is 6.99. The van der Waals surface area contributed by atoms with E-state index >= 15 is 0 Å². The fourth-order valence-corrected chi connectivity index (χ4v) is 3.49. The Balaban J connectivity index is 2.13. The number of fused-ring (bicyclic) bond motifs is 1. The summed E-state index contributed by atoms with van der Waals surface area (Å²) in [6.07, 6.45) is 0. The van der Waals surface area contributed by atoms with Crippen molar-refractivity contribution in [1.29, 1.82) is 0 Å². The third-order valence-electron chi connectivity index (χ3n) is 4.78. The van der Waals surface area contributed by atoms with Crippen LogP contribution < -0.4 is 0 Å². The van der Waals surface area contributed by atoms with E-state index in [9.17, 15) is 0 Å². The molecule has 1 saturated carbocycles. The van der Waals surface area contributed by atoms with Gasteiger partial charge in [0, 0.05) is 10.4 Å². The second kappa shape index (κ2) is 3.14. The summed E-state index contributed by atoms with van der Waals surface area (Å²) in [5.74, 6) is 1.65. The summed E-state index contributed by atoms with van der Waals surface area (Å²) < 4.78 is 1.06. The number of halogens is 1. The zero-order valence-corrected chi connectivity index (χ0v) is 12.2. The van der Waals surface area contributed by atoms with E-state index in [4.69, 9.17) is 4.98 Å². The number of aromatic amines is 1. The van der Waals surface area contributed by atoms with Crippen molar-refractivity contribution < 1.29 is 0 Å². The first-order valence-corrected chi connectivity index (χ1v) is 6.79. The van der Waals surface area contributed by atoms with Crippen LogP contribution >= 0.6 is 15.9 Å². The van der Waals surface area contributed by atoms with Gasteiger partial charge in [0.2, 0.25) is 0 Å². The molecule has 2 nitrogen and oxygen atoms in total. The minimum atomic E-state index is 0.327. The topological polar surface area (TPSA) is 28.7 Å². The number of para-hydroxylation sites is 1. The molecule has 0 bridgehead atoms. The zero-order valence-electron chi connectivity index (χ0n) is 10.6. The lowest BCUT2D eigenvalue weighted by molar-refractivity contribution is 0.457. The molecule has 1 aliphatic carbocycles. The highest BCUT2D eigenvalue weighted by atomic mass is 79.9. The third kappa shape index (κ3) is 1.35. The monoisotopic (exact) mass is 292 g/mol. The number of nitrogens with one attached hydrogen (secondary N) is 1. The summed E-state index contributed by atoms with van der Waals surface area (Å²) in [6, 6.07) is 6.16. The van der Waals surface area contributed by atoms with Crippen molar-refractivity contribution in [2.45, 2.75) is 33.6 Å². The summed E-state index contributed by atoms with van der Waals surface area (Å²) >= 11 is 3.55. The maximum Gasteiger partial charge on any atom is 0.111 e. The van der Waals surface area contributed by atoms with Gasteiger partial charge in [0.05, 0.1) is 5.52 Å². The van der Waals surface area contributed by atoms with E-state index in [1.165, 1.54) is 0 Å². The molecule has 1 heterocycles. The van der Waals surface area contributed by atoms with Gasteiger partial charge in [-0.1, -0.05) is 33.8 Å². The number of hydrogen-bond donors (Lipinski definition) is 1. The van der Waals surface area contributed by atoms with Crippen molar-refractivity contribution in [3.05, 3.63) is 28.5 Å². The molecule has 0 unspecified atom stereocenters. The summed E-state index contributed by atoms with van der Waals surface area (Å²) in [6.45, 7) is 9.28. The van der Waals surface area contributed by atoms with Crippen molar-refractivity contribution >= 4 is 27.0 Å². The number of hydrogen-bond acceptors (Lipinski definition) is 1. The molecule has 0 spiro atoms. The van der Waals surface area contributed by atoms with E-state index in [1.807, 2.05) is 12.1 Å². The van der Waals surface area contributed by atoms with Gasteiger partial charge in [0.1, 0.15) is 11.3 Å². The van der Waals surface area contributed by atoms with E-state index in [1.54, 1.807) is 0 Å².